The smallest absolute Gasteiger partial charge is 0.0971 e. The molecule has 1 aliphatic rings. The topological polar surface area (TPSA) is 9.23 Å². The molecule has 0 N–H and O–H groups in total. The minimum Gasteiger partial charge on any atom is -0.372 e. The molecule has 0 saturated carbocycles. The van der Waals surface area contributed by atoms with E-state index in [1.54, 1.807) is 0 Å². The number of ether oxygens (including phenoxy) is 1. The highest BCUT2D eigenvalue weighted by Crippen LogP contribution is 2.31. The maximum Gasteiger partial charge on any atom is 0.0971 e. The van der Waals surface area contributed by atoms with Gasteiger partial charge < -0.3 is 4.74 Å². The van der Waals surface area contributed by atoms with Gasteiger partial charge in [0.2, 0.25) is 0 Å². The summed E-state index contributed by atoms with van der Waals surface area (Å²) >= 11 is 0. The van der Waals surface area contributed by atoms with E-state index in [9.17, 15) is 0 Å². The molecule has 0 amide bonds. The third-order valence-electron chi connectivity index (χ3n) is 5.50. The summed E-state index contributed by atoms with van der Waals surface area (Å²) in [6, 6.07) is 11.0. The van der Waals surface area contributed by atoms with Crippen LogP contribution < -0.4 is 0 Å². The Labute approximate surface area is 156 Å². The molecule has 1 aromatic carbocycles. The van der Waals surface area contributed by atoms with Crippen LogP contribution in [-0.2, 0) is 4.74 Å². The maximum absolute atomic E-state index is 6.22. The van der Waals surface area contributed by atoms with Crippen LogP contribution in [0, 0.1) is 13.0 Å². The van der Waals surface area contributed by atoms with Gasteiger partial charge in [-0.05, 0) is 43.6 Å². The van der Waals surface area contributed by atoms with Crippen LogP contribution in [0.15, 0.2) is 30.3 Å². The maximum atomic E-state index is 6.22. The molecule has 1 nitrogen and oxygen atoms in total. The number of hydrogen-bond acceptors (Lipinski definition) is 1. The second kappa shape index (κ2) is 13.4. The molecule has 0 spiro atoms. The Hall–Kier alpha value is -0.820. The molecule has 1 saturated heterocycles. The van der Waals surface area contributed by atoms with Gasteiger partial charge in [-0.3, -0.25) is 0 Å². The monoisotopic (exact) mass is 342 g/mol. The predicted octanol–water partition coefficient (Wildman–Crippen LogP) is 7.63. The van der Waals surface area contributed by atoms with E-state index in [4.69, 9.17) is 4.74 Å². The first-order valence-corrected chi connectivity index (χ1v) is 10.7. The van der Waals surface area contributed by atoms with Crippen LogP contribution in [0.25, 0.3) is 0 Å². The summed E-state index contributed by atoms with van der Waals surface area (Å²) in [7, 11) is 0. The Kier molecular flexibility index (Phi) is 11.0. The largest absolute Gasteiger partial charge is 0.372 e. The third kappa shape index (κ3) is 8.90. The van der Waals surface area contributed by atoms with E-state index in [0.29, 0.717) is 5.92 Å². The van der Waals surface area contributed by atoms with Crippen LogP contribution in [0.5, 0.6) is 0 Å². The first-order valence-electron chi connectivity index (χ1n) is 10.7. The van der Waals surface area contributed by atoms with Crippen LogP contribution in [-0.4, -0.2) is 6.61 Å². The number of rotatable bonds is 6. The summed E-state index contributed by atoms with van der Waals surface area (Å²) in [4.78, 5) is 0. The van der Waals surface area contributed by atoms with E-state index in [-0.39, 0.29) is 0 Å². The zero-order valence-electron chi connectivity index (χ0n) is 16.2. The SMILES string of the molecule is [CH2]CCC(CC[C]1CCCCCCCCCCCO1)c1ccccc1. The van der Waals surface area contributed by atoms with E-state index in [1.807, 2.05) is 0 Å². The first kappa shape index (κ1) is 20.5. The molecule has 25 heavy (non-hydrogen) atoms. The Balaban J connectivity index is 1.82. The Bertz CT molecular complexity index is 399. The van der Waals surface area contributed by atoms with E-state index < -0.39 is 0 Å². The lowest BCUT2D eigenvalue weighted by atomic mass is 9.88. The molecule has 2 radical (unpaired) electrons. The van der Waals surface area contributed by atoms with Gasteiger partial charge in [0, 0.05) is 6.61 Å². The average molecular weight is 343 g/mol. The number of benzene rings is 1. The minimum absolute atomic E-state index is 0.624. The van der Waals surface area contributed by atoms with E-state index in [0.717, 1.165) is 19.4 Å². The Morgan fingerprint density at radius 3 is 2.12 bits per heavy atom. The fourth-order valence-corrected chi connectivity index (χ4v) is 3.93. The van der Waals surface area contributed by atoms with Crippen molar-refractivity contribution in [1.29, 1.82) is 0 Å². The molecule has 2 rings (SSSR count). The standard InChI is InChI=1S/C24H38O/c1-2-15-22(23-16-11-10-12-17-23)19-20-24-18-13-8-6-4-3-5-7-9-14-21-25-24/h10-12,16-17,22H,1-9,13-15,18-21H2. The van der Waals surface area contributed by atoms with Crippen molar-refractivity contribution in [3.8, 4) is 0 Å². The van der Waals surface area contributed by atoms with E-state index in [2.05, 4.69) is 37.3 Å². The van der Waals surface area contributed by atoms with E-state index in [1.165, 1.54) is 88.7 Å². The predicted molar refractivity (Wildman–Crippen MR) is 108 cm³/mol. The Morgan fingerprint density at radius 1 is 0.800 bits per heavy atom. The average Bonchev–Trinajstić information content (AvgIpc) is 2.67. The van der Waals surface area contributed by atoms with Gasteiger partial charge in [-0.25, -0.2) is 0 Å². The zero-order valence-corrected chi connectivity index (χ0v) is 16.2. The van der Waals surface area contributed by atoms with Crippen LogP contribution in [0.3, 0.4) is 0 Å². The fourth-order valence-electron chi connectivity index (χ4n) is 3.93. The van der Waals surface area contributed by atoms with Crippen molar-refractivity contribution in [1.82, 2.24) is 0 Å². The van der Waals surface area contributed by atoms with Crippen molar-refractivity contribution in [2.45, 2.75) is 95.8 Å². The fraction of sp³-hybridized carbons (Fsp3) is 0.667. The Morgan fingerprint density at radius 2 is 1.44 bits per heavy atom. The molecule has 1 aromatic rings. The first-order chi connectivity index (χ1) is 12.4. The van der Waals surface area contributed by atoms with Gasteiger partial charge in [-0.1, -0.05) is 95.0 Å². The van der Waals surface area contributed by atoms with Crippen molar-refractivity contribution < 1.29 is 4.74 Å². The highest BCUT2D eigenvalue weighted by atomic mass is 16.5. The molecule has 1 heterocycles. The molecule has 140 valence electrons. The number of hydrogen-bond donors (Lipinski definition) is 0. The molecule has 1 atom stereocenters. The highest BCUT2D eigenvalue weighted by molar-refractivity contribution is 5.19. The lowest BCUT2D eigenvalue weighted by Crippen LogP contribution is -2.08. The van der Waals surface area contributed by atoms with Gasteiger partial charge >= 0.3 is 0 Å². The van der Waals surface area contributed by atoms with Crippen molar-refractivity contribution in [3.05, 3.63) is 48.9 Å². The minimum atomic E-state index is 0.624. The van der Waals surface area contributed by atoms with Crippen molar-refractivity contribution >= 4 is 0 Å². The van der Waals surface area contributed by atoms with Crippen molar-refractivity contribution in [3.63, 3.8) is 0 Å². The van der Waals surface area contributed by atoms with Gasteiger partial charge in [-0.2, -0.15) is 0 Å². The summed E-state index contributed by atoms with van der Waals surface area (Å²) < 4.78 is 6.22. The highest BCUT2D eigenvalue weighted by Gasteiger charge is 2.16. The molecular weight excluding hydrogens is 304 g/mol. The van der Waals surface area contributed by atoms with Crippen LogP contribution >= 0.6 is 0 Å². The van der Waals surface area contributed by atoms with Gasteiger partial charge in [-0.15, -0.1) is 0 Å². The molecule has 0 bridgehead atoms. The molecule has 1 heteroatoms. The van der Waals surface area contributed by atoms with Gasteiger partial charge in [0.05, 0.1) is 6.10 Å². The second-order valence-corrected chi connectivity index (χ2v) is 7.61. The lowest BCUT2D eigenvalue weighted by Gasteiger charge is -2.21. The van der Waals surface area contributed by atoms with Crippen LogP contribution in [0.2, 0.25) is 0 Å². The normalized spacial score (nSPS) is 20.2. The summed E-state index contributed by atoms with van der Waals surface area (Å²) in [5, 5.41) is 0. The summed E-state index contributed by atoms with van der Waals surface area (Å²) in [5.41, 5.74) is 1.47. The molecule has 0 aliphatic carbocycles. The van der Waals surface area contributed by atoms with E-state index >= 15 is 0 Å². The zero-order chi connectivity index (χ0) is 17.6. The van der Waals surface area contributed by atoms with Crippen molar-refractivity contribution in [2.75, 3.05) is 6.61 Å². The molecular formula is C24H38O. The summed E-state index contributed by atoms with van der Waals surface area (Å²) in [6.45, 7) is 5.02. The third-order valence-corrected chi connectivity index (χ3v) is 5.50. The van der Waals surface area contributed by atoms with Crippen LogP contribution in [0.1, 0.15) is 101 Å². The second-order valence-electron chi connectivity index (χ2n) is 7.61. The van der Waals surface area contributed by atoms with Gasteiger partial charge in [0.25, 0.3) is 0 Å². The molecule has 0 aromatic heterocycles. The summed E-state index contributed by atoms with van der Waals surface area (Å²) in [6.07, 6.45) is 19.4. The molecule has 1 aliphatic heterocycles. The van der Waals surface area contributed by atoms with Crippen molar-refractivity contribution in [2.24, 2.45) is 0 Å². The lowest BCUT2D eigenvalue weighted by molar-refractivity contribution is 0.118. The quantitative estimate of drug-likeness (QED) is 0.516. The summed E-state index contributed by atoms with van der Waals surface area (Å²) in [5.74, 6) is 0.624. The van der Waals surface area contributed by atoms with Gasteiger partial charge in [0.1, 0.15) is 0 Å². The molecule has 1 unspecified atom stereocenters. The van der Waals surface area contributed by atoms with Gasteiger partial charge in [0.15, 0.2) is 0 Å². The molecule has 1 fully saturated rings. The van der Waals surface area contributed by atoms with Crippen LogP contribution in [0.4, 0.5) is 0 Å².